The number of aromatic nitrogens is 5. The lowest BCUT2D eigenvalue weighted by atomic mass is 9.91. The minimum atomic E-state index is 0.448. The van der Waals surface area contributed by atoms with Gasteiger partial charge in [-0.25, -0.2) is 19.9 Å². The molecule has 1 atom stereocenters. The third-order valence-corrected chi connectivity index (χ3v) is 8.19. The van der Waals surface area contributed by atoms with E-state index in [2.05, 4.69) is 68.9 Å². The zero-order chi connectivity index (χ0) is 27.1. The van der Waals surface area contributed by atoms with Gasteiger partial charge in [-0.3, -0.25) is 4.90 Å². The maximum Gasteiger partial charge on any atom is 0.160 e. The van der Waals surface area contributed by atoms with E-state index in [1.165, 1.54) is 11.1 Å². The van der Waals surface area contributed by atoms with Gasteiger partial charge in [0, 0.05) is 43.1 Å². The fourth-order valence-electron chi connectivity index (χ4n) is 6.03. The smallest absolute Gasteiger partial charge is 0.160 e. The SMILES string of the molecule is CC1C=CC=C(c2nc3ccc(N)cc3nc2-c2ccc(CN3CCC(n4cnc5cccnc54)CC3)cc2)C1. The molecule has 1 aliphatic heterocycles. The van der Waals surface area contributed by atoms with Crippen LogP contribution >= 0.6 is 0 Å². The van der Waals surface area contributed by atoms with Gasteiger partial charge in [0.2, 0.25) is 0 Å². The lowest BCUT2D eigenvalue weighted by Crippen LogP contribution is -2.34. The predicted molar refractivity (Wildman–Crippen MR) is 161 cm³/mol. The highest BCUT2D eigenvalue weighted by atomic mass is 15.2. The van der Waals surface area contributed by atoms with Crippen LogP contribution in [-0.4, -0.2) is 42.5 Å². The van der Waals surface area contributed by atoms with Gasteiger partial charge in [-0.05, 0) is 66.6 Å². The quantitative estimate of drug-likeness (QED) is 0.265. The Kier molecular flexibility index (Phi) is 6.36. The molecule has 0 bridgehead atoms. The van der Waals surface area contributed by atoms with Crippen LogP contribution in [0, 0.1) is 5.92 Å². The summed E-state index contributed by atoms with van der Waals surface area (Å²) in [7, 11) is 0. The maximum atomic E-state index is 6.08. The van der Waals surface area contributed by atoms with E-state index in [4.69, 9.17) is 15.7 Å². The zero-order valence-corrected chi connectivity index (χ0v) is 22.7. The summed E-state index contributed by atoms with van der Waals surface area (Å²) in [5.41, 5.74) is 15.9. The molecule has 1 fully saturated rings. The highest BCUT2D eigenvalue weighted by molar-refractivity contribution is 5.86. The van der Waals surface area contributed by atoms with Crippen molar-refractivity contribution >= 4 is 33.5 Å². The van der Waals surface area contributed by atoms with Gasteiger partial charge in [-0.2, -0.15) is 0 Å². The molecule has 7 nitrogen and oxygen atoms in total. The standard InChI is InChI=1S/C33H33N7/c1-22-4-2-5-25(18-22)32-31(38-30-19-26(34)11-12-28(30)37-32)24-9-7-23(8-10-24)20-39-16-13-27(14-17-39)40-21-36-29-6-3-15-35-33(29)40/h2-12,15,19,21-22,27H,13-14,16-18,20,34H2,1H3. The number of rotatable bonds is 5. The van der Waals surface area contributed by atoms with E-state index in [0.29, 0.717) is 17.6 Å². The first-order valence-electron chi connectivity index (χ1n) is 14.1. The average molecular weight is 528 g/mol. The number of allylic oxidation sites excluding steroid dienone is 4. The third-order valence-electron chi connectivity index (χ3n) is 8.19. The van der Waals surface area contributed by atoms with Crippen LogP contribution in [0.5, 0.6) is 0 Å². The van der Waals surface area contributed by atoms with Crippen molar-refractivity contribution in [2.45, 2.75) is 38.8 Å². The Morgan fingerprint density at radius 3 is 2.55 bits per heavy atom. The summed E-state index contributed by atoms with van der Waals surface area (Å²) in [5, 5.41) is 0. The Bertz CT molecular complexity index is 1740. The van der Waals surface area contributed by atoms with Crippen LogP contribution in [0.15, 0.2) is 85.3 Å². The first kappa shape index (κ1) is 24.7. The van der Waals surface area contributed by atoms with Crippen molar-refractivity contribution in [2.24, 2.45) is 5.92 Å². The topological polar surface area (TPSA) is 85.8 Å². The van der Waals surface area contributed by atoms with Crippen LogP contribution in [0.1, 0.15) is 43.5 Å². The number of nitrogen functional groups attached to an aromatic ring is 1. The summed E-state index contributed by atoms with van der Waals surface area (Å²) in [6, 6.07) is 19.1. The number of pyridine rings is 1. The normalized spacial score (nSPS) is 18.4. The Hall–Kier alpha value is -4.36. The number of benzene rings is 2. The average Bonchev–Trinajstić information content (AvgIpc) is 3.42. The fraction of sp³-hybridized carbons (Fsp3) is 0.273. The first-order chi connectivity index (χ1) is 19.6. The molecular weight excluding hydrogens is 494 g/mol. The van der Waals surface area contributed by atoms with Crippen molar-refractivity contribution in [3.8, 4) is 11.3 Å². The van der Waals surface area contributed by atoms with Gasteiger partial charge in [0.1, 0.15) is 5.52 Å². The highest BCUT2D eigenvalue weighted by Crippen LogP contribution is 2.34. The van der Waals surface area contributed by atoms with E-state index in [1.807, 2.05) is 42.9 Å². The van der Waals surface area contributed by atoms with E-state index in [-0.39, 0.29) is 0 Å². The minimum absolute atomic E-state index is 0.448. The summed E-state index contributed by atoms with van der Waals surface area (Å²) in [6.45, 7) is 5.29. The number of fused-ring (bicyclic) bond motifs is 2. The Morgan fingerprint density at radius 1 is 0.900 bits per heavy atom. The molecule has 1 aliphatic carbocycles. The number of piperidine rings is 1. The maximum absolute atomic E-state index is 6.08. The molecule has 7 rings (SSSR count). The third kappa shape index (κ3) is 4.77. The van der Waals surface area contributed by atoms with Crippen molar-refractivity contribution in [2.75, 3.05) is 18.8 Å². The number of anilines is 1. The number of hydrogen-bond acceptors (Lipinski definition) is 6. The lowest BCUT2D eigenvalue weighted by molar-refractivity contribution is 0.181. The molecule has 0 amide bonds. The Balaban J connectivity index is 1.10. The molecule has 4 heterocycles. The molecule has 3 aromatic heterocycles. The summed E-state index contributed by atoms with van der Waals surface area (Å²) >= 11 is 0. The van der Waals surface area contributed by atoms with Gasteiger partial charge in [0.15, 0.2) is 5.65 Å². The van der Waals surface area contributed by atoms with Crippen LogP contribution in [0.2, 0.25) is 0 Å². The van der Waals surface area contributed by atoms with Gasteiger partial charge >= 0.3 is 0 Å². The highest BCUT2D eigenvalue weighted by Gasteiger charge is 2.23. The van der Waals surface area contributed by atoms with Crippen molar-refractivity contribution in [1.82, 2.24) is 29.4 Å². The molecule has 0 radical (unpaired) electrons. The minimum Gasteiger partial charge on any atom is -0.399 e. The Morgan fingerprint density at radius 2 is 1.73 bits per heavy atom. The van der Waals surface area contributed by atoms with Crippen LogP contribution in [0.4, 0.5) is 5.69 Å². The zero-order valence-electron chi connectivity index (χ0n) is 22.7. The monoisotopic (exact) mass is 527 g/mol. The molecule has 2 aromatic carbocycles. The number of imidazole rings is 1. The van der Waals surface area contributed by atoms with Crippen molar-refractivity contribution in [3.05, 3.63) is 96.6 Å². The van der Waals surface area contributed by atoms with Crippen molar-refractivity contribution in [1.29, 1.82) is 0 Å². The van der Waals surface area contributed by atoms with Gasteiger partial charge in [0.05, 0.1) is 28.7 Å². The van der Waals surface area contributed by atoms with E-state index >= 15 is 0 Å². The van der Waals surface area contributed by atoms with Gasteiger partial charge < -0.3 is 10.3 Å². The first-order valence-corrected chi connectivity index (χ1v) is 14.1. The molecule has 1 saturated heterocycles. The molecule has 2 N–H and O–H groups in total. The molecule has 0 saturated carbocycles. The van der Waals surface area contributed by atoms with Crippen LogP contribution in [0.25, 0.3) is 39.0 Å². The molecule has 0 spiro atoms. The second-order valence-electron chi connectivity index (χ2n) is 11.1. The number of hydrogen-bond donors (Lipinski definition) is 1. The largest absolute Gasteiger partial charge is 0.399 e. The summed E-state index contributed by atoms with van der Waals surface area (Å²) in [4.78, 5) is 21.8. The van der Waals surface area contributed by atoms with Crippen molar-refractivity contribution in [3.63, 3.8) is 0 Å². The second-order valence-corrected chi connectivity index (χ2v) is 11.1. The van der Waals surface area contributed by atoms with E-state index in [9.17, 15) is 0 Å². The van der Waals surface area contributed by atoms with E-state index < -0.39 is 0 Å². The van der Waals surface area contributed by atoms with Gasteiger partial charge in [-0.15, -0.1) is 0 Å². The molecular formula is C33H33N7. The number of likely N-dealkylation sites (tertiary alicyclic amines) is 1. The number of nitrogens with zero attached hydrogens (tertiary/aromatic N) is 6. The van der Waals surface area contributed by atoms with E-state index in [0.717, 1.165) is 78.0 Å². The van der Waals surface area contributed by atoms with Gasteiger partial charge in [0.25, 0.3) is 0 Å². The lowest BCUT2D eigenvalue weighted by Gasteiger charge is -2.32. The molecule has 5 aromatic rings. The molecule has 1 unspecified atom stereocenters. The Labute approximate surface area is 234 Å². The second kappa shape index (κ2) is 10.3. The predicted octanol–water partition coefficient (Wildman–Crippen LogP) is 6.44. The van der Waals surface area contributed by atoms with Crippen molar-refractivity contribution < 1.29 is 0 Å². The molecule has 200 valence electrons. The summed E-state index contributed by atoms with van der Waals surface area (Å²) in [6.07, 6.45) is 13.5. The van der Waals surface area contributed by atoms with Gasteiger partial charge in [-0.1, -0.05) is 49.4 Å². The van der Waals surface area contributed by atoms with E-state index in [1.54, 1.807) is 0 Å². The summed E-state index contributed by atoms with van der Waals surface area (Å²) in [5.74, 6) is 0.479. The fourth-order valence-corrected chi connectivity index (χ4v) is 6.03. The molecule has 2 aliphatic rings. The molecule has 40 heavy (non-hydrogen) atoms. The van der Waals surface area contributed by atoms with Crippen LogP contribution in [0.3, 0.4) is 0 Å². The number of nitrogens with two attached hydrogens (primary N) is 1. The summed E-state index contributed by atoms with van der Waals surface area (Å²) < 4.78 is 2.26. The van der Waals surface area contributed by atoms with Crippen LogP contribution < -0.4 is 5.73 Å². The van der Waals surface area contributed by atoms with Crippen LogP contribution in [-0.2, 0) is 6.54 Å². The molecule has 7 heteroatoms.